The summed E-state index contributed by atoms with van der Waals surface area (Å²) in [6.07, 6.45) is 0. The molecule has 2 aromatic carbocycles. The molecule has 0 bridgehead atoms. The van der Waals surface area contributed by atoms with E-state index >= 15 is 0 Å². The van der Waals surface area contributed by atoms with Crippen LogP contribution in [0.1, 0.15) is 21.7 Å². The van der Waals surface area contributed by atoms with Gasteiger partial charge in [-0.15, -0.1) is 0 Å². The van der Waals surface area contributed by atoms with Crippen LogP contribution in [-0.2, 0) is 6.54 Å². The molecule has 2 heterocycles. The molecule has 4 rings (SSSR count). The normalized spacial score (nSPS) is 12.5. The summed E-state index contributed by atoms with van der Waals surface area (Å²) in [7, 11) is 0. The Kier molecular flexibility index (Phi) is 2.52. The molecule has 0 saturated heterocycles. The fourth-order valence-electron chi connectivity index (χ4n) is 2.74. The van der Waals surface area contributed by atoms with Crippen molar-refractivity contribution in [3.63, 3.8) is 0 Å². The van der Waals surface area contributed by atoms with Gasteiger partial charge in [0.2, 0.25) is 5.78 Å². The lowest BCUT2D eigenvalue weighted by molar-refractivity contribution is 0.103. The smallest absolute Gasteiger partial charge is 0.266 e. The zero-order valence-electron chi connectivity index (χ0n) is 11.3. The SMILES string of the molecule is NCc1ccc2nc3n(c(=O)c2c1)-c1ccc(F)cc1C3=O. The van der Waals surface area contributed by atoms with Crippen LogP contribution in [0.4, 0.5) is 4.39 Å². The highest BCUT2D eigenvalue weighted by molar-refractivity contribution is 6.13. The average molecular weight is 295 g/mol. The van der Waals surface area contributed by atoms with Crippen LogP contribution < -0.4 is 11.3 Å². The maximum Gasteiger partial charge on any atom is 0.266 e. The van der Waals surface area contributed by atoms with E-state index in [4.69, 9.17) is 5.73 Å². The van der Waals surface area contributed by atoms with Crippen LogP contribution >= 0.6 is 0 Å². The van der Waals surface area contributed by atoms with Crippen LogP contribution in [0.2, 0.25) is 0 Å². The molecule has 0 amide bonds. The van der Waals surface area contributed by atoms with E-state index in [0.29, 0.717) is 23.1 Å². The summed E-state index contributed by atoms with van der Waals surface area (Å²) >= 11 is 0. The molecule has 2 N–H and O–H groups in total. The minimum atomic E-state index is -0.525. The van der Waals surface area contributed by atoms with E-state index in [2.05, 4.69) is 4.98 Å². The number of hydrogen-bond acceptors (Lipinski definition) is 4. The monoisotopic (exact) mass is 295 g/mol. The molecule has 0 atom stereocenters. The molecule has 5 nitrogen and oxygen atoms in total. The summed E-state index contributed by atoms with van der Waals surface area (Å²) in [5, 5.41) is 0.386. The van der Waals surface area contributed by atoms with Gasteiger partial charge in [0.1, 0.15) is 5.82 Å². The van der Waals surface area contributed by atoms with E-state index in [1.165, 1.54) is 16.7 Å². The second-order valence-electron chi connectivity index (χ2n) is 5.12. The van der Waals surface area contributed by atoms with Gasteiger partial charge >= 0.3 is 0 Å². The van der Waals surface area contributed by atoms with Gasteiger partial charge in [-0.25, -0.2) is 9.37 Å². The van der Waals surface area contributed by atoms with Crippen molar-refractivity contribution in [1.82, 2.24) is 9.55 Å². The third-order valence-corrected chi connectivity index (χ3v) is 3.82. The Morgan fingerprint density at radius 1 is 1.14 bits per heavy atom. The molecule has 3 aromatic rings. The van der Waals surface area contributed by atoms with Gasteiger partial charge in [0.25, 0.3) is 5.56 Å². The van der Waals surface area contributed by atoms with Crippen LogP contribution in [0.25, 0.3) is 16.6 Å². The van der Waals surface area contributed by atoms with Gasteiger partial charge in [0.05, 0.1) is 22.2 Å². The van der Waals surface area contributed by atoms with E-state index in [1.54, 1.807) is 18.2 Å². The minimum Gasteiger partial charge on any atom is -0.326 e. The maximum absolute atomic E-state index is 13.4. The first-order valence-electron chi connectivity index (χ1n) is 6.70. The lowest BCUT2D eigenvalue weighted by atomic mass is 10.1. The molecular formula is C16H10FN3O2. The number of rotatable bonds is 1. The second kappa shape index (κ2) is 4.32. The predicted molar refractivity (Wildman–Crippen MR) is 78.6 cm³/mol. The Morgan fingerprint density at radius 2 is 1.95 bits per heavy atom. The number of benzene rings is 2. The molecule has 1 aromatic heterocycles. The number of nitrogens with zero attached hydrogens (tertiary/aromatic N) is 2. The van der Waals surface area contributed by atoms with Crippen molar-refractivity contribution in [1.29, 1.82) is 0 Å². The number of carbonyl (C=O) groups is 1. The predicted octanol–water partition coefficient (Wildman–Crippen LogP) is 1.53. The van der Waals surface area contributed by atoms with E-state index < -0.39 is 11.6 Å². The number of halogens is 1. The summed E-state index contributed by atoms with van der Waals surface area (Å²) in [6.45, 7) is 0.303. The molecule has 22 heavy (non-hydrogen) atoms. The van der Waals surface area contributed by atoms with Crippen molar-refractivity contribution >= 4 is 16.7 Å². The van der Waals surface area contributed by atoms with Gasteiger partial charge in [-0.3, -0.25) is 14.2 Å². The van der Waals surface area contributed by atoms with Gasteiger partial charge < -0.3 is 5.73 Å². The quantitative estimate of drug-likeness (QED) is 0.577. The number of nitrogens with two attached hydrogens (primary N) is 1. The topological polar surface area (TPSA) is 78.0 Å². The molecule has 108 valence electrons. The Morgan fingerprint density at radius 3 is 2.73 bits per heavy atom. The Balaban J connectivity index is 2.13. The Hall–Kier alpha value is -2.86. The molecule has 0 radical (unpaired) electrons. The minimum absolute atomic E-state index is 0.0126. The standard InChI is InChI=1S/C16H10FN3O2/c17-9-2-4-13-11(6-9)14(21)15-19-12-3-1-8(7-18)5-10(12)16(22)20(13)15/h1-6H,7,18H2. The van der Waals surface area contributed by atoms with Gasteiger partial charge in [-0.1, -0.05) is 6.07 Å². The second-order valence-corrected chi connectivity index (χ2v) is 5.12. The summed E-state index contributed by atoms with van der Waals surface area (Å²) in [6, 6.07) is 8.86. The highest BCUT2D eigenvalue weighted by Crippen LogP contribution is 2.27. The van der Waals surface area contributed by atoms with Crippen LogP contribution in [0, 0.1) is 5.82 Å². The Labute approximate surface area is 123 Å². The average Bonchev–Trinajstić information content (AvgIpc) is 2.80. The van der Waals surface area contributed by atoms with Crippen LogP contribution in [-0.4, -0.2) is 15.3 Å². The Bertz CT molecular complexity index is 1020. The highest BCUT2D eigenvalue weighted by Gasteiger charge is 2.30. The molecule has 0 fully saturated rings. The van der Waals surface area contributed by atoms with E-state index in [1.807, 2.05) is 0 Å². The first kappa shape index (κ1) is 12.8. The van der Waals surface area contributed by atoms with Crippen LogP contribution in [0.15, 0.2) is 41.2 Å². The van der Waals surface area contributed by atoms with Gasteiger partial charge in [-0.2, -0.15) is 0 Å². The number of fused-ring (bicyclic) bond motifs is 4. The van der Waals surface area contributed by atoms with E-state index in [-0.39, 0.29) is 16.9 Å². The first-order valence-corrected chi connectivity index (χ1v) is 6.70. The van der Waals surface area contributed by atoms with Gasteiger partial charge in [0, 0.05) is 6.54 Å². The van der Waals surface area contributed by atoms with Crippen molar-refractivity contribution in [3.8, 4) is 5.69 Å². The molecule has 6 heteroatoms. The fraction of sp³-hybridized carbons (Fsp3) is 0.0625. The van der Waals surface area contributed by atoms with Crippen molar-refractivity contribution in [2.45, 2.75) is 6.54 Å². The van der Waals surface area contributed by atoms with Gasteiger partial charge in [-0.05, 0) is 35.9 Å². The molecule has 0 spiro atoms. The lowest BCUT2D eigenvalue weighted by Gasteiger charge is -2.06. The molecule has 0 aliphatic carbocycles. The van der Waals surface area contributed by atoms with E-state index in [0.717, 1.165) is 11.6 Å². The first-order chi connectivity index (χ1) is 10.6. The number of ketones is 1. The van der Waals surface area contributed by atoms with Crippen molar-refractivity contribution in [3.05, 3.63) is 69.5 Å². The molecule has 0 saturated carbocycles. The van der Waals surface area contributed by atoms with Crippen molar-refractivity contribution in [2.24, 2.45) is 5.73 Å². The summed E-state index contributed by atoms with van der Waals surface area (Å²) in [5.41, 5.74) is 6.98. The summed E-state index contributed by atoms with van der Waals surface area (Å²) in [5.74, 6) is -0.960. The number of hydrogen-bond donors (Lipinski definition) is 1. The molecule has 1 aliphatic heterocycles. The van der Waals surface area contributed by atoms with Crippen molar-refractivity contribution < 1.29 is 9.18 Å². The number of carbonyl (C=O) groups excluding carboxylic acids is 1. The highest BCUT2D eigenvalue weighted by atomic mass is 19.1. The lowest BCUT2D eigenvalue weighted by Crippen LogP contribution is -2.21. The summed E-state index contributed by atoms with van der Waals surface area (Å²) < 4.78 is 14.6. The molecule has 0 unspecified atom stereocenters. The maximum atomic E-state index is 13.4. The zero-order valence-corrected chi connectivity index (χ0v) is 11.3. The third kappa shape index (κ3) is 1.58. The van der Waals surface area contributed by atoms with Crippen LogP contribution in [0.5, 0.6) is 0 Å². The summed E-state index contributed by atoms with van der Waals surface area (Å²) in [4.78, 5) is 29.3. The zero-order chi connectivity index (χ0) is 15.4. The fourth-order valence-corrected chi connectivity index (χ4v) is 2.74. The van der Waals surface area contributed by atoms with E-state index in [9.17, 15) is 14.0 Å². The van der Waals surface area contributed by atoms with Crippen LogP contribution in [0.3, 0.4) is 0 Å². The van der Waals surface area contributed by atoms with Crippen molar-refractivity contribution in [2.75, 3.05) is 0 Å². The molecular weight excluding hydrogens is 285 g/mol. The molecule has 1 aliphatic rings. The van der Waals surface area contributed by atoms with Gasteiger partial charge in [0.15, 0.2) is 5.82 Å². The number of aromatic nitrogens is 2. The largest absolute Gasteiger partial charge is 0.326 e. The third-order valence-electron chi connectivity index (χ3n) is 3.82.